The number of hydrogen-bond donors (Lipinski definition) is 2. The highest BCUT2D eigenvalue weighted by Gasteiger charge is 1.90. The van der Waals surface area contributed by atoms with Crippen LogP contribution in [0.15, 0.2) is 5.10 Å². The largest absolute Gasteiger partial charge is 0.273 e. The first-order chi connectivity index (χ1) is 5.75. The van der Waals surface area contributed by atoms with Gasteiger partial charge in [-0.05, 0) is 30.9 Å². The summed E-state index contributed by atoms with van der Waals surface area (Å²) in [6.45, 7) is 2.09. The molecule has 0 aliphatic rings. The van der Waals surface area contributed by atoms with Gasteiger partial charge < -0.3 is 0 Å². The van der Waals surface area contributed by atoms with Crippen molar-refractivity contribution in [1.82, 2.24) is 14.9 Å². The molecule has 1 rings (SSSR count). The molecule has 0 amide bonds. The molecule has 1 aromatic rings. The van der Waals surface area contributed by atoms with Gasteiger partial charge >= 0.3 is 0 Å². The van der Waals surface area contributed by atoms with Gasteiger partial charge in [0.1, 0.15) is 0 Å². The third-order valence-corrected chi connectivity index (χ3v) is 1.83. The van der Waals surface area contributed by atoms with Crippen LogP contribution < -0.4 is 0 Å². The van der Waals surface area contributed by atoms with Gasteiger partial charge in [-0.2, -0.15) is 9.78 Å². The fraction of sp³-hybridized carbons (Fsp3) is 0.500. The first kappa shape index (κ1) is 9.34. The van der Waals surface area contributed by atoms with Crippen molar-refractivity contribution in [3.8, 4) is 0 Å². The lowest BCUT2D eigenvalue weighted by Gasteiger charge is -1.88. The molecule has 0 atom stereocenters. The third-order valence-electron chi connectivity index (χ3n) is 1.28. The highest BCUT2D eigenvalue weighted by Crippen LogP contribution is 1.90. The Balaban J connectivity index is 2.88. The highest BCUT2D eigenvalue weighted by molar-refractivity contribution is 7.72. The van der Waals surface area contributed by atoms with Crippen LogP contribution in [0.2, 0.25) is 0 Å². The topological polar surface area (TPSA) is 48.9 Å². The maximum Gasteiger partial charge on any atom is 0.215 e. The number of aromatic amines is 2. The summed E-state index contributed by atoms with van der Waals surface area (Å²) in [5, 5.41) is 9.47. The van der Waals surface area contributed by atoms with E-state index in [4.69, 9.17) is 24.4 Å². The number of aromatic nitrogens is 3. The lowest BCUT2D eigenvalue weighted by Crippen LogP contribution is -1.88. The van der Waals surface area contributed by atoms with Crippen LogP contribution in [-0.4, -0.2) is 21.1 Å². The van der Waals surface area contributed by atoms with Gasteiger partial charge in [0.05, 0.1) is 0 Å². The second kappa shape index (κ2) is 4.32. The van der Waals surface area contributed by atoms with Crippen molar-refractivity contribution in [2.45, 2.75) is 19.8 Å². The monoisotopic (exact) mass is 202 g/mol. The second-order valence-corrected chi connectivity index (χ2v) is 3.03. The third kappa shape index (κ3) is 2.12. The van der Waals surface area contributed by atoms with Crippen molar-refractivity contribution in [1.29, 1.82) is 0 Å². The lowest BCUT2D eigenvalue weighted by atomic mass is 10.4. The van der Waals surface area contributed by atoms with Crippen LogP contribution in [0.1, 0.15) is 19.8 Å². The molecule has 0 bridgehead atoms. The molecule has 1 aromatic heterocycles. The molecular formula is C6H10N4S2. The Hall–Kier alpha value is -0.750. The zero-order valence-corrected chi connectivity index (χ0v) is 8.34. The molecule has 12 heavy (non-hydrogen) atoms. The zero-order valence-electron chi connectivity index (χ0n) is 6.70. The number of nitrogens with zero attached hydrogens (tertiary/aromatic N) is 2. The molecule has 2 N–H and O–H groups in total. The number of hydrogen-bond acceptors (Lipinski definition) is 3. The van der Waals surface area contributed by atoms with E-state index in [0.717, 1.165) is 12.8 Å². The maximum atomic E-state index is 4.92. The lowest BCUT2D eigenvalue weighted by molar-refractivity contribution is 0.837. The van der Waals surface area contributed by atoms with E-state index in [-0.39, 0.29) is 0 Å². The fourth-order valence-electron chi connectivity index (χ4n) is 0.678. The van der Waals surface area contributed by atoms with Crippen LogP contribution in [0, 0.1) is 9.54 Å². The summed E-state index contributed by atoms with van der Waals surface area (Å²) < 4.78 is 2.47. The van der Waals surface area contributed by atoms with E-state index in [1.807, 2.05) is 0 Å². The Kier molecular flexibility index (Phi) is 3.36. The number of H-pyrrole nitrogens is 2. The summed E-state index contributed by atoms with van der Waals surface area (Å²) in [4.78, 5) is 0. The SMILES string of the molecule is CCC/C=N/n1c(=S)[nH][nH]c1=S. The summed E-state index contributed by atoms with van der Waals surface area (Å²) in [7, 11) is 0. The highest BCUT2D eigenvalue weighted by atomic mass is 32.1. The van der Waals surface area contributed by atoms with Crippen LogP contribution in [0.5, 0.6) is 0 Å². The average Bonchev–Trinajstić information content (AvgIpc) is 2.35. The number of unbranched alkanes of at least 4 members (excludes halogenated alkanes) is 1. The first-order valence-corrected chi connectivity index (χ1v) is 4.50. The molecule has 4 nitrogen and oxygen atoms in total. The Morgan fingerprint density at radius 1 is 1.42 bits per heavy atom. The Labute approximate surface area is 80.3 Å². The van der Waals surface area contributed by atoms with E-state index in [1.54, 1.807) is 6.21 Å². The van der Waals surface area contributed by atoms with Crippen LogP contribution in [0.25, 0.3) is 0 Å². The predicted molar refractivity (Wildman–Crippen MR) is 53.6 cm³/mol. The second-order valence-electron chi connectivity index (χ2n) is 2.26. The molecule has 66 valence electrons. The van der Waals surface area contributed by atoms with Gasteiger partial charge in [-0.15, -0.1) is 0 Å². The van der Waals surface area contributed by atoms with Gasteiger partial charge in [-0.3, -0.25) is 10.2 Å². The summed E-state index contributed by atoms with van der Waals surface area (Å²) in [5.74, 6) is 0. The molecule has 0 saturated carbocycles. The maximum absolute atomic E-state index is 4.92. The minimum atomic E-state index is 0.493. The molecule has 0 radical (unpaired) electrons. The smallest absolute Gasteiger partial charge is 0.215 e. The molecular weight excluding hydrogens is 192 g/mol. The minimum Gasteiger partial charge on any atom is -0.273 e. The van der Waals surface area contributed by atoms with Crippen molar-refractivity contribution in [2.24, 2.45) is 5.10 Å². The predicted octanol–water partition coefficient (Wildman–Crippen LogP) is 2.24. The van der Waals surface area contributed by atoms with E-state index in [1.165, 1.54) is 4.68 Å². The van der Waals surface area contributed by atoms with Gasteiger partial charge in [0.15, 0.2) is 0 Å². The Bertz CT molecular complexity index is 342. The summed E-state index contributed by atoms with van der Waals surface area (Å²) in [5.41, 5.74) is 0. The van der Waals surface area contributed by atoms with Gasteiger partial charge in [-0.25, -0.2) is 0 Å². The standard InChI is InChI=1S/C6H10N4S2/c1-2-3-4-7-10-5(11)8-9-6(10)12/h4H,2-3H2,1H3,(H,8,11)(H,9,12)/b7-4+. The van der Waals surface area contributed by atoms with Crippen molar-refractivity contribution < 1.29 is 0 Å². The van der Waals surface area contributed by atoms with Crippen molar-refractivity contribution in [3.05, 3.63) is 9.54 Å². The van der Waals surface area contributed by atoms with Gasteiger partial charge in [0.25, 0.3) is 0 Å². The zero-order chi connectivity index (χ0) is 8.97. The Morgan fingerprint density at radius 3 is 2.50 bits per heavy atom. The molecule has 1 heterocycles. The average molecular weight is 202 g/mol. The van der Waals surface area contributed by atoms with Gasteiger partial charge in [-0.1, -0.05) is 13.3 Å². The molecule has 6 heteroatoms. The number of rotatable bonds is 3. The van der Waals surface area contributed by atoms with Crippen LogP contribution >= 0.6 is 24.4 Å². The summed E-state index contributed by atoms with van der Waals surface area (Å²) >= 11 is 9.84. The molecule has 0 spiro atoms. The van der Waals surface area contributed by atoms with E-state index in [0.29, 0.717) is 9.54 Å². The van der Waals surface area contributed by atoms with E-state index in [9.17, 15) is 0 Å². The number of nitrogens with one attached hydrogen (secondary N) is 2. The molecule has 0 aliphatic carbocycles. The van der Waals surface area contributed by atoms with Crippen LogP contribution in [0.3, 0.4) is 0 Å². The fourth-order valence-corrected chi connectivity index (χ4v) is 1.12. The summed E-state index contributed by atoms with van der Waals surface area (Å²) in [6.07, 6.45) is 3.80. The van der Waals surface area contributed by atoms with E-state index >= 15 is 0 Å². The van der Waals surface area contributed by atoms with E-state index < -0.39 is 0 Å². The van der Waals surface area contributed by atoms with Crippen molar-refractivity contribution in [2.75, 3.05) is 0 Å². The van der Waals surface area contributed by atoms with Gasteiger partial charge in [0.2, 0.25) is 9.54 Å². The van der Waals surface area contributed by atoms with Gasteiger partial charge in [0, 0.05) is 6.21 Å². The van der Waals surface area contributed by atoms with Crippen LogP contribution in [0.4, 0.5) is 0 Å². The molecule has 0 saturated heterocycles. The van der Waals surface area contributed by atoms with Crippen LogP contribution in [-0.2, 0) is 0 Å². The molecule has 0 aromatic carbocycles. The first-order valence-electron chi connectivity index (χ1n) is 3.68. The molecule has 0 unspecified atom stereocenters. The minimum absolute atomic E-state index is 0.493. The summed E-state index contributed by atoms with van der Waals surface area (Å²) in [6, 6.07) is 0. The van der Waals surface area contributed by atoms with Crippen molar-refractivity contribution >= 4 is 30.7 Å². The van der Waals surface area contributed by atoms with Crippen molar-refractivity contribution in [3.63, 3.8) is 0 Å². The Morgan fingerprint density at radius 2 is 2.00 bits per heavy atom. The quantitative estimate of drug-likeness (QED) is 0.583. The molecule has 0 fully saturated rings. The normalized spacial score (nSPS) is 11.1. The van der Waals surface area contributed by atoms with E-state index in [2.05, 4.69) is 22.2 Å². The molecule has 0 aliphatic heterocycles.